The Morgan fingerprint density at radius 2 is 1.81 bits per heavy atom. The molecule has 0 aliphatic heterocycles. The van der Waals surface area contributed by atoms with Crippen LogP contribution in [-0.4, -0.2) is 10.8 Å². The molecule has 0 aliphatic rings. The van der Waals surface area contributed by atoms with E-state index in [9.17, 15) is 4.79 Å². The minimum absolute atomic E-state index is 0.0303. The van der Waals surface area contributed by atoms with Crippen molar-refractivity contribution in [2.24, 2.45) is 0 Å². The average Bonchev–Trinajstić information content (AvgIpc) is 2.83. The lowest BCUT2D eigenvalue weighted by Gasteiger charge is -2.14. The summed E-state index contributed by atoms with van der Waals surface area (Å²) in [6, 6.07) is 3.88. The first-order chi connectivity index (χ1) is 9.68. The highest BCUT2D eigenvalue weighted by atomic mass is 79.9. The van der Waals surface area contributed by atoms with E-state index in [1.807, 2.05) is 26.0 Å². The third kappa shape index (κ3) is 3.80. The van der Waals surface area contributed by atoms with E-state index in [0.29, 0.717) is 6.42 Å². The Labute approximate surface area is 138 Å². The third-order valence-electron chi connectivity index (χ3n) is 3.39. The summed E-state index contributed by atoms with van der Waals surface area (Å²) in [6.45, 7) is 10.4. The molecule has 0 N–H and O–H groups in total. The van der Waals surface area contributed by atoms with Gasteiger partial charge in [-0.1, -0.05) is 36.7 Å². The smallest absolute Gasteiger partial charge is 0.169 e. The molecule has 0 amide bonds. The molecular formula is C17H20BrNOS. The molecule has 1 aromatic heterocycles. The van der Waals surface area contributed by atoms with Gasteiger partial charge in [0.15, 0.2) is 5.78 Å². The Balaban J connectivity index is 2.20. The topological polar surface area (TPSA) is 30.0 Å². The first-order valence-corrected chi connectivity index (χ1v) is 8.60. The second kappa shape index (κ2) is 6.01. The number of aryl methyl sites for hydroxylation is 2. The van der Waals surface area contributed by atoms with Crippen LogP contribution in [-0.2, 0) is 11.8 Å². The zero-order valence-corrected chi connectivity index (χ0v) is 15.5. The van der Waals surface area contributed by atoms with E-state index in [-0.39, 0.29) is 11.2 Å². The highest BCUT2D eigenvalue weighted by molar-refractivity contribution is 9.10. The molecule has 0 unspecified atom stereocenters. The van der Waals surface area contributed by atoms with Gasteiger partial charge in [0.05, 0.1) is 12.1 Å². The van der Waals surface area contributed by atoms with Crippen molar-refractivity contribution in [2.75, 3.05) is 0 Å². The Morgan fingerprint density at radius 3 is 2.29 bits per heavy atom. The zero-order chi connectivity index (χ0) is 15.8. The van der Waals surface area contributed by atoms with E-state index in [1.165, 1.54) is 0 Å². The van der Waals surface area contributed by atoms with Crippen LogP contribution < -0.4 is 0 Å². The number of aromatic nitrogens is 1. The van der Waals surface area contributed by atoms with Gasteiger partial charge in [-0.05, 0) is 37.1 Å². The Hall–Kier alpha value is -1.00. The van der Waals surface area contributed by atoms with Crippen LogP contribution in [0.1, 0.15) is 53.0 Å². The molecule has 0 atom stereocenters. The molecule has 0 saturated heterocycles. The van der Waals surface area contributed by atoms with E-state index in [0.717, 1.165) is 31.9 Å². The minimum atomic E-state index is 0.0303. The van der Waals surface area contributed by atoms with Crippen molar-refractivity contribution in [2.45, 2.75) is 46.5 Å². The Bertz CT molecular complexity index is 659. The van der Waals surface area contributed by atoms with Crippen molar-refractivity contribution in [1.82, 2.24) is 4.98 Å². The van der Waals surface area contributed by atoms with Gasteiger partial charge in [0, 0.05) is 20.8 Å². The second-order valence-corrected chi connectivity index (χ2v) is 8.14. The molecule has 2 aromatic rings. The van der Waals surface area contributed by atoms with Gasteiger partial charge in [-0.25, -0.2) is 4.98 Å². The van der Waals surface area contributed by atoms with Gasteiger partial charge in [-0.3, -0.25) is 4.79 Å². The molecule has 21 heavy (non-hydrogen) atoms. The van der Waals surface area contributed by atoms with Crippen LogP contribution in [0.2, 0.25) is 0 Å². The average molecular weight is 366 g/mol. The van der Waals surface area contributed by atoms with Gasteiger partial charge in [0.1, 0.15) is 5.01 Å². The molecular weight excluding hydrogens is 346 g/mol. The largest absolute Gasteiger partial charge is 0.294 e. The first kappa shape index (κ1) is 16.4. The van der Waals surface area contributed by atoms with Crippen molar-refractivity contribution in [3.8, 4) is 0 Å². The number of ketones is 1. The van der Waals surface area contributed by atoms with Crippen molar-refractivity contribution in [1.29, 1.82) is 0 Å². The van der Waals surface area contributed by atoms with Crippen LogP contribution >= 0.6 is 27.3 Å². The van der Waals surface area contributed by atoms with Crippen LogP contribution in [0.25, 0.3) is 0 Å². The Kier molecular flexibility index (Phi) is 4.69. The monoisotopic (exact) mass is 365 g/mol. The molecule has 112 valence electrons. The lowest BCUT2D eigenvalue weighted by atomic mass is 9.93. The number of thiazole rings is 1. The normalized spacial score (nSPS) is 11.7. The number of carbonyl (C=O) groups is 1. The third-order valence-corrected chi connectivity index (χ3v) is 5.49. The molecule has 0 bridgehead atoms. The van der Waals surface area contributed by atoms with Crippen LogP contribution in [0, 0.1) is 13.8 Å². The second-order valence-electron chi connectivity index (χ2n) is 6.40. The van der Waals surface area contributed by atoms with Gasteiger partial charge < -0.3 is 0 Å². The molecule has 0 fully saturated rings. The fraction of sp³-hybridized carbons (Fsp3) is 0.412. The number of nitrogens with zero attached hydrogens (tertiary/aromatic N) is 1. The van der Waals surface area contributed by atoms with Crippen molar-refractivity contribution in [3.63, 3.8) is 0 Å². The maximum absolute atomic E-state index is 12.4. The number of Topliss-reactive ketones (excluding diaryl/α,β-unsaturated/α-hetero) is 1. The fourth-order valence-electron chi connectivity index (χ4n) is 2.08. The molecule has 2 rings (SSSR count). The van der Waals surface area contributed by atoms with Gasteiger partial charge in [-0.15, -0.1) is 11.3 Å². The van der Waals surface area contributed by atoms with E-state index >= 15 is 0 Å². The zero-order valence-electron chi connectivity index (χ0n) is 13.1. The summed E-state index contributed by atoms with van der Waals surface area (Å²) in [5.41, 5.74) is 4.03. The first-order valence-electron chi connectivity index (χ1n) is 6.93. The predicted molar refractivity (Wildman–Crippen MR) is 92.5 cm³/mol. The van der Waals surface area contributed by atoms with Crippen molar-refractivity contribution in [3.05, 3.63) is 49.4 Å². The van der Waals surface area contributed by atoms with Crippen molar-refractivity contribution >= 4 is 33.0 Å². The number of carbonyl (C=O) groups excluding carboxylic acids is 1. The molecule has 1 aromatic carbocycles. The van der Waals surface area contributed by atoms with Crippen molar-refractivity contribution < 1.29 is 4.79 Å². The summed E-state index contributed by atoms with van der Waals surface area (Å²) in [4.78, 5) is 17.0. The molecule has 2 nitrogen and oxygen atoms in total. The number of hydrogen-bond acceptors (Lipinski definition) is 3. The summed E-state index contributed by atoms with van der Waals surface area (Å²) >= 11 is 5.10. The van der Waals surface area contributed by atoms with Gasteiger partial charge in [0.2, 0.25) is 0 Å². The number of halogens is 1. The van der Waals surface area contributed by atoms with E-state index in [4.69, 9.17) is 0 Å². The summed E-state index contributed by atoms with van der Waals surface area (Å²) in [5, 5.41) is 2.95. The van der Waals surface area contributed by atoms with Gasteiger partial charge in [-0.2, -0.15) is 0 Å². The lowest BCUT2D eigenvalue weighted by Crippen LogP contribution is -2.12. The molecule has 0 saturated carbocycles. The molecule has 1 heterocycles. The van der Waals surface area contributed by atoms with Crippen LogP contribution in [0.15, 0.2) is 22.0 Å². The summed E-state index contributed by atoms with van der Waals surface area (Å²) in [5.74, 6) is 0.128. The Morgan fingerprint density at radius 1 is 1.24 bits per heavy atom. The summed E-state index contributed by atoms with van der Waals surface area (Å²) < 4.78 is 1.07. The van der Waals surface area contributed by atoms with E-state index < -0.39 is 0 Å². The highest BCUT2D eigenvalue weighted by Gasteiger charge is 2.19. The fourth-order valence-corrected chi connectivity index (χ4v) is 3.33. The van der Waals surface area contributed by atoms with Crippen LogP contribution in [0.3, 0.4) is 0 Å². The van der Waals surface area contributed by atoms with E-state index in [2.05, 4.69) is 47.1 Å². The van der Waals surface area contributed by atoms with Gasteiger partial charge in [0.25, 0.3) is 0 Å². The quantitative estimate of drug-likeness (QED) is 0.695. The molecule has 0 aliphatic carbocycles. The number of rotatable bonds is 3. The molecule has 0 spiro atoms. The molecule has 0 radical (unpaired) electrons. The van der Waals surface area contributed by atoms with Gasteiger partial charge >= 0.3 is 0 Å². The highest BCUT2D eigenvalue weighted by Crippen LogP contribution is 2.26. The predicted octanol–water partition coefficient (Wildman–Crippen LogP) is 5.25. The van der Waals surface area contributed by atoms with Crippen LogP contribution in [0.4, 0.5) is 0 Å². The van der Waals surface area contributed by atoms with E-state index in [1.54, 1.807) is 11.3 Å². The maximum Gasteiger partial charge on any atom is 0.169 e. The number of hydrogen-bond donors (Lipinski definition) is 0. The summed E-state index contributed by atoms with van der Waals surface area (Å²) in [6.07, 6.45) is 0.376. The number of benzene rings is 1. The standard InChI is InChI=1S/C17H20BrNOS/c1-10-6-12(7-11(2)16(10)18)13(20)8-15-19-14(9-21-15)17(3,4)5/h6-7,9H,8H2,1-5H3. The lowest BCUT2D eigenvalue weighted by molar-refractivity contribution is 0.0992. The maximum atomic E-state index is 12.4. The van der Waals surface area contributed by atoms with Crippen LogP contribution in [0.5, 0.6) is 0 Å². The minimum Gasteiger partial charge on any atom is -0.294 e. The molecule has 4 heteroatoms. The summed E-state index contributed by atoms with van der Waals surface area (Å²) in [7, 11) is 0. The SMILES string of the molecule is Cc1cc(C(=O)Cc2nc(C(C)(C)C)cs2)cc(C)c1Br.